The summed E-state index contributed by atoms with van der Waals surface area (Å²) in [5, 5.41) is 5.35. The van der Waals surface area contributed by atoms with E-state index in [4.69, 9.17) is 27.9 Å². The Balaban J connectivity index is 1.97. The van der Waals surface area contributed by atoms with Gasteiger partial charge in [-0.1, -0.05) is 47.1 Å². The number of hydrogen-bond donors (Lipinski definition) is 1. The Morgan fingerprint density at radius 2 is 2.08 bits per heavy atom. The average molecular weight is 385 g/mol. The van der Waals surface area contributed by atoms with Crippen molar-refractivity contribution in [3.05, 3.63) is 46.1 Å². The van der Waals surface area contributed by atoms with E-state index in [9.17, 15) is 4.79 Å². The smallest absolute Gasteiger partial charge is 0.316 e. The number of halogens is 2. The normalized spacial score (nSPS) is 10.8. The van der Waals surface area contributed by atoms with Gasteiger partial charge in [-0.05, 0) is 24.6 Å². The Kier molecular flexibility index (Phi) is 7.30. The summed E-state index contributed by atoms with van der Waals surface area (Å²) in [5.41, 5.74) is 3.65. The second-order valence-electron chi connectivity index (χ2n) is 4.37. The van der Waals surface area contributed by atoms with Crippen LogP contribution in [0.5, 0.6) is 0 Å². The predicted molar refractivity (Wildman–Crippen MR) is 97.1 cm³/mol. The Morgan fingerprint density at radius 1 is 1.33 bits per heavy atom. The van der Waals surface area contributed by atoms with Crippen molar-refractivity contribution in [3.8, 4) is 0 Å². The van der Waals surface area contributed by atoms with Crippen LogP contribution in [0.3, 0.4) is 0 Å². The summed E-state index contributed by atoms with van der Waals surface area (Å²) >= 11 is 12.9. The number of esters is 1. The molecule has 6 nitrogen and oxygen atoms in total. The first-order valence-electron chi connectivity index (χ1n) is 6.94. The monoisotopic (exact) mass is 384 g/mol. The van der Waals surface area contributed by atoms with Gasteiger partial charge in [0.05, 0.1) is 18.6 Å². The van der Waals surface area contributed by atoms with Gasteiger partial charge < -0.3 is 4.74 Å². The van der Waals surface area contributed by atoms with Crippen molar-refractivity contribution >= 4 is 53.0 Å². The SMILES string of the molecule is CCOC(=O)CSc1nc(Cl)cc(NN=Cc2ccc(Cl)cc2)n1. The van der Waals surface area contributed by atoms with Crippen LogP contribution in [0.15, 0.2) is 40.6 Å². The highest BCUT2D eigenvalue weighted by molar-refractivity contribution is 7.99. The molecule has 1 aromatic carbocycles. The van der Waals surface area contributed by atoms with Gasteiger partial charge in [0.1, 0.15) is 5.15 Å². The van der Waals surface area contributed by atoms with Crippen LogP contribution in [0, 0.1) is 0 Å². The largest absolute Gasteiger partial charge is 0.465 e. The van der Waals surface area contributed by atoms with Crippen molar-refractivity contribution in [2.24, 2.45) is 5.10 Å². The number of hydrazone groups is 1. The number of anilines is 1. The molecule has 1 aromatic heterocycles. The van der Waals surface area contributed by atoms with Gasteiger partial charge in [0, 0.05) is 11.1 Å². The Morgan fingerprint density at radius 3 is 2.79 bits per heavy atom. The summed E-state index contributed by atoms with van der Waals surface area (Å²) in [7, 11) is 0. The van der Waals surface area contributed by atoms with Gasteiger partial charge in [-0.2, -0.15) is 5.10 Å². The highest BCUT2D eigenvalue weighted by atomic mass is 35.5. The number of nitrogens with one attached hydrogen (secondary N) is 1. The molecule has 0 unspecified atom stereocenters. The lowest BCUT2D eigenvalue weighted by atomic mass is 10.2. The molecule has 2 rings (SSSR count). The third kappa shape index (κ3) is 6.35. The first-order valence-corrected chi connectivity index (χ1v) is 8.68. The molecule has 0 atom stereocenters. The molecule has 0 saturated heterocycles. The molecule has 1 heterocycles. The minimum atomic E-state index is -0.332. The molecule has 24 heavy (non-hydrogen) atoms. The van der Waals surface area contributed by atoms with Gasteiger partial charge in [0.15, 0.2) is 11.0 Å². The molecule has 2 aromatic rings. The number of thioether (sulfide) groups is 1. The summed E-state index contributed by atoms with van der Waals surface area (Å²) < 4.78 is 4.85. The second-order valence-corrected chi connectivity index (χ2v) is 6.14. The van der Waals surface area contributed by atoms with Crippen LogP contribution in [0.25, 0.3) is 0 Å². The Hall–Kier alpha value is -1.83. The van der Waals surface area contributed by atoms with E-state index in [0.29, 0.717) is 22.6 Å². The highest BCUT2D eigenvalue weighted by Crippen LogP contribution is 2.19. The third-order valence-corrected chi connectivity index (χ3v) is 3.83. The number of benzene rings is 1. The highest BCUT2D eigenvalue weighted by Gasteiger charge is 2.08. The van der Waals surface area contributed by atoms with Gasteiger partial charge in [0.25, 0.3) is 0 Å². The van der Waals surface area contributed by atoms with Crippen LogP contribution in [0.2, 0.25) is 10.2 Å². The number of ether oxygens (including phenoxy) is 1. The van der Waals surface area contributed by atoms with E-state index in [1.54, 1.807) is 25.3 Å². The van der Waals surface area contributed by atoms with E-state index in [-0.39, 0.29) is 16.9 Å². The van der Waals surface area contributed by atoms with Gasteiger partial charge in [-0.25, -0.2) is 9.97 Å². The summed E-state index contributed by atoms with van der Waals surface area (Å²) in [6.07, 6.45) is 1.62. The van der Waals surface area contributed by atoms with Crippen molar-refractivity contribution in [2.75, 3.05) is 17.8 Å². The molecule has 1 N–H and O–H groups in total. The molecule has 9 heteroatoms. The summed E-state index contributed by atoms with van der Waals surface area (Å²) in [6.45, 7) is 2.08. The van der Waals surface area contributed by atoms with E-state index in [1.807, 2.05) is 12.1 Å². The average Bonchev–Trinajstić information content (AvgIpc) is 2.55. The van der Waals surface area contributed by atoms with Gasteiger partial charge in [-0.15, -0.1) is 0 Å². The minimum Gasteiger partial charge on any atom is -0.465 e. The molecular weight excluding hydrogens is 371 g/mol. The van der Waals surface area contributed by atoms with E-state index in [0.717, 1.165) is 17.3 Å². The number of carbonyl (C=O) groups is 1. The molecule has 0 spiro atoms. The van der Waals surface area contributed by atoms with Crippen molar-refractivity contribution in [1.82, 2.24) is 9.97 Å². The van der Waals surface area contributed by atoms with Gasteiger partial charge in [-0.3, -0.25) is 10.2 Å². The second kappa shape index (κ2) is 9.46. The maximum absolute atomic E-state index is 11.4. The van der Waals surface area contributed by atoms with Crippen molar-refractivity contribution in [2.45, 2.75) is 12.1 Å². The van der Waals surface area contributed by atoms with Crippen LogP contribution >= 0.6 is 35.0 Å². The maximum Gasteiger partial charge on any atom is 0.316 e. The first-order chi connectivity index (χ1) is 11.6. The van der Waals surface area contributed by atoms with E-state index >= 15 is 0 Å². The number of nitrogens with zero attached hydrogens (tertiary/aromatic N) is 3. The zero-order valence-corrected chi connectivity index (χ0v) is 15.0. The fourth-order valence-electron chi connectivity index (χ4n) is 1.57. The lowest BCUT2D eigenvalue weighted by Gasteiger charge is -2.04. The van der Waals surface area contributed by atoms with Crippen LogP contribution in [-0.4, -0.2) is 34.5 Å². The molecule has 0 aliphatic rings. The Bertz CT molecular complexity index is 726. The van der Waals surface area contributed by atoms with E-state index in [1.165, 1.54) is 6.07 Å². The number of hydrogen-bond acceptors (Lipinski definition) is 7. The molecule has 0 fully saturated rings. The number of aromatic nitrogens is 2. The first kappa shape index (κ1) is 18.5. The van der Waals surface area contributed by atoms with Crippen molar-refractivity contribution < 1.29 is 9.53 Å². The summed E-state index contributed by atoms with van der Waals surface area (Å²) in [4.78, 5) is 19.6. The maximum atomic E-state index is 11.4. The van der Waals surface area contributed by atoms with E-state index < -0.39 is 0 Å². The summed E-state index contributed by atoms with van der Waals surface area (Å²) in [6, 6.07) is 8.75. The van der Waals surface area contributed by atoms with Crippen LogP contribution in [0.4, 0.5) is 5.82 Å². The molecule has 0 radical (unpaired) electrons. The van der Waals surface area contributed by atoms with Gasteiger partial charge >= 0.3 is 5.97 Å². The predicted octanol–water partition coefficient (Wildman–Crippen LogP) is 3.88. The van der Waals surface area contributed by atoms with Crippen LogP contribution in [-0.2, 0) is 9.53 Å². The molecule has 0 aliphatic carbocycles. The third-order valence-electron chi connectivity index (χ3n) is 2.56. The number of rotatable bonds is 7. The topological polar surface area (TPSA) is 76.5 Å². The zero-order chi connectivity index (χ0) is 17.4. The fourth-order valence-corrected chi connectivity index (χ4v) is 2.58. The van der Waals surface area contributed by atoms with Gasteiger partial charge in [0.2, 0.25) is 0 Å². The minimum absolute atomic E-state index is 0.113. The van der Waals surface area contributed by atoms with Crippen LogP contribution in [0.1, 0.15) is 12.5 Å². The summed E-state index contributed by atoms with van der Waals surface area (Å²) in [5.74, 6) is 0.203. The zero-order valence-electron chi connectivity index (χ0n) is 12.7. The molecule has 0 saturated carbocycles. The lowest BCUT2D eigenvalue weighted by molar-refractivity contribution is -0.139. The molecule has 0 bridgehead atoms. The van der Waals surface area contributed by atoms with E-state index in [2.05, 4.69) is 20.5 Å². The van der Waals surface area contributed by atoms with Crippen molar-refractivity contribution in [3.63, 3.8) is 0 Å². The van der Waals surface area contributed by atoms with Crippen LogP contribution < -0.4 is 5.43 Å². The Labute approximate surface area is 153 Å². The quantitative estimate of drug-likeness (QED) is 0.195. The molecular formula is C15H14Cl2N4O2S. The molecule has 126 valence electrons. The molecule has 0 aliphatic heterocycles. The fraction of sp³-hybridized carbons (Fsp3) is 0.200. The standard InChI is InChI=1S/C15H14Cl2N4O2S/c1-2-23-14(22)9-24-15-19-12(17)7-13(20-15)21-18-8-10-3-5-11(16)6-4-10/h3-8H,2,9H2,1H3,(H,19,20,21). The molecule has 0 amide bonds. The number of carbonyl (C=O) groups excluding carboxylic acids is 1. The van der Waals surface area contributed by atoms with Crippen molar-refractivity contribution in [1.29, 1.82) is 0 Å². The lowest BCUT2D eigenvalue weighted by Crippen LogP contribution is -2.07.